The van der Waals surface area contributed by atoms with Crippen LogP contribution in [-0.4, -0.2) is 49.7 Å². The molecule has 1 amide bonds. The summed E-state index contributed by atoms with van der Waals surface area (Å²) >= 11 is 0. The van der Waals surface area contributed by atoms with Crippen LogP contribution < -0.4 is 4.74 Å². The standard InChI is InChI=1S/C19H24N2O4/c1-23-13-18(22)21-9-3-4-15(12-21)19-20-11-17(25-19)10-14-5-7-16(24-2)8-6-14/h5-8,11,15H,3-4,9-10,12-13H2,1-2H3. The Balaban J connectivity index is 1.63. The van der Waals surface area contributed by atoms with Gasteiger partial charge in [0, 0.05) is 26.6 Å². The molecule has 0 aliphatic carbocycles. The molecule has 3 rings (SSSR count). The minimum Gasteiger partial charge on any atom is -0.497 e. The zero-order valence-electron chi connectivity index (χ0n) is 14.7. The number of carbonyl (C=O) groups is 1. The Morgan fingerprint density at radius 3 is 2.84 bits per heavy atom. The molecule has 1 unspecified atom stereocenters. The van der Waals surface area contributed by atoms with E-state index >= 15 is 0 Å². The molecule has 0 N–H and O–H groups in total. The summed E-state index contributed by atoms with van der Waals surface area (Å²) in [5.74, 6) is 2.57. The number of piperidine rings is 1. The molecule has 1 atom stereocenters. The van der Waals surface area contributed by atoms with Crippen molar-refractivity contribution in [2.45, 2.75) is 25.2 Å². The number of carbonyl (C=O) groups excluding carboxylic acids is 1. The van der Waals surface area contributed by atoms with Crippen molar-refractivity contribution in [1.82, 2.24) is 9.88 Å². The van der Waals surface area contributed by atoms with Crippen molar-refractivity contribution in [2.24, 2.45) is 0 Å². The quantitative estimate of drug-likeness (QED) is 0.806. The Labute approximate surface area is 147 Å². The second kappa shape index (κ2) is 8.16. The molecule has 1 aromatic carbocycles. The topological polar surface area (TPSA) is 64.8 Å². The fourth-order valence-electron chi connectivity index (χ4n) is 3.16. The Bertz CT molecular complexity index is 696. The first-order chi connectivity index (χ1) is 12.2. The second-order valence-electron chi connectivity index (χ2n) is 6.30. The third-order valence-corrected chi connectivity index (χ3v) is 4.50. The van der Waals surface area contributed by atoms with Crippen LogP contribution in [0.5, 0.6) is 5.75 Å². The molecule has 0 bridgehead atoms. The molecule has 1 aliphatic heterocycles. The monoisotopic (exact) mass is 344 g/mol. The van der Waals surface area contributed by atoms with Crippen molar-refractivity contribution in [3.05, 3.63) is 47.7 Å². The lowest BCUT2D eigenvalue weighted by Crippen LogP contribution is -2.40. The lowest BCUT2D eigenvalue weighted by atomic mass is 9.98. The van der Waals surface area contributed by atoms with Gasteiger partial charge in [-0.15, -0.1) is 0 Å². The highest BCUT2D eigenvalue weighted by Crippen LogP contribution is 2.27. The maximum absolute atomic E-state index is 12.0. The summed E-state index contributed by atoms with van der Waals surface area (Å²) in [7, 11) is 3.20. The normalized spacial score (nSPS) is 17.5. The number of nitrogens with zero attached hydrogens (tertiary/aromatic N) is 2. The fourth-order valence-corrected chi connectivity index (χ4v) is 3.16. The molecular weight excluding hydrogens is 320 g/mol. The largest absolute Gasteiger partial charge is 0.497 e. The number of methoxy groups -OCH3 is 2. The van der Waals surface area contributed by atoms with E-state index in [0.29, 0.717) is 13.0 Å². The summed E-state index contributed by atoms with van der Waals surface area (Å²) in [6.07, 6.45) is 4.42. The number of amides is 1. The highest BCUT2D eigenvalue weighted by molar-refractivity contribution is 5.77. The molecule has 1 aliphatic rings. The molecule has 1 saturated heterocycles. The maximum atomic E-state index is 12.0. The predicted octanol–water partition coefficient (Wildman–Crippen LogP) is 2.63. The SMILES string of the molecule is COCC(=O)N1CCCC(c2ncc(Cc3ccc(OC)cc3)o2)C1. The maximum Gasteiger partial charge on any atom is 0.248 e. The second-order valence-corrected chi connectivity index (χ2v) is 6.30. The number of benzene rings is 1. The molecule has 6 nitrogen and oxygen atoms in total. The van der Waals surface area contributed by atoms with Crippen molar-refractivity contribution in [1.29, 1.82) is 0 Å². The van der Waals surface area contributed by atoms with Gasteiger partial charge in [0.25, 0.3) is 0 Å². The van der Waals surface area contributed by atoms with Gasteiger partial charge in [-0.3, -0.25) is 4.79 Å². The van der Waals surface area contributed by atoms with E-state index in [0.717, 1.165) is 42.4 Å². The van der Waals surface area contributed by atoms with E-state index in [1.165, 1.54) is 0 Å². The van der Waals surface area contributed by atoms with Crippen LogP contribution in [-0.2, 0) is 16.0 Å². The number of hydrogen-bond acceptors (Lipinski definition) is 5. The minimum absolute atomic E-state index is 0.0252. The van der Waals surface area contributed by atoms with Crippen LogP contribution in [0.15, 0.2) is 34.9 Å². The van der Waals surface area contributed by atoms with Gasteiger partial charge in [0.05, 0.1) is 19.2 Å². The van der Waals surface area contributed by atoms with E-state index in [4.69, 9.17) is 13.9 Å². The van der Waals surface area contributed by atoms with Gasteiger partial charge < -0.3 is 18.8 Å². The first-order valence-corrected chi connectivity index (χ1v) is 8.54. The first kappa shape index (κ1) is 17.5. The van der Waals surface area contributed by atoms with Gasteiger partial charge in [0.1, 0.15) is 18.1 Å². The summed E-state index contributed by atoms with van der Waals surface area (Å²) < 4.78 is 16.1. The number of oxazole rings is 1. The molecule has 134 valence electrons. The number of likely N-dealkylation sites (tertiary alicyclic amines) is 1. The Kier molecular flexibility index (Phi) is 5.71. The van der Waals surface area contributed by atoms with Gasteiger partial charge in [-0.25, -0.2) is 4.98 Å². The van der Waals surface area contributed by atoms with Gasteiger partial charge in [0.2, 0.25) is 5.91 Å². The van der Waals surface area contributed by atoms with E-state index < -0.39 is 0 Å². The number of hydrogen-bond donors (Lipinski definition) is 0. The van der Waals surface area contributed by atoms with Crippen LogP contribution in [0, 0.1) is 0 Å². The molecule has 0 radical (unpaired) electrons. The van der Waals surface area contributed by atoms with Crippen LogP contribution in [0.4, 0.5) is 0 Å². The van der Waals surface area contributed by atoms with Crippen LogP contribution in [0.1, 0.15) is 36.0 Å². The Morgan fingerprint density at radius 2 is 2.12 bits per heavy atom. The zero-order chi connectivity index (χ0) is 17.6. The summed E-state index contributed by atoms with van der Waals surface area (Å²) in [6, 6.07) is 7.92. The number of aromatic nitrogens is 1. The lowest BCUT2D eigenvalue weighted by Gasteiger charge is -2.31. The van der Waals surface area contributed by atoms with Crippen LogP contribution >= 0.6 is 0 Å². The third kappa shape index (κ3) is 4.39. The molecule has 2 heterocycles. The predicted molar refractivity (Wildman–Crippen MR) is 92.7 cm³/mol. The van der Waals surface area contributed by atoms with E-state index in [1.54, 1.807) is 20.4 Å². The lowest BCUT2D eigenvalue weighted by molar-refractivity contribution is -0.136. The molecule has 6 heteroatoms. The average molecular weight is 344 g/mol. The molecule has 0 spiro atoms. The van der Waals surface area contributed by atoms with Crippen molar-refractivity contribution in [2.75, 3.05) is 33.9 Å². The minimum atomic E-state index is 0.0252. The number of ether oxygens (including phenoxy) is 2. The van der Waals surface area contributed by atoms with Crippen molar-refractivity contribution >= 4 is 5.91 Å². The first-order valence-electron chi connectivity index (χ1n) is 8.54. The van der Waals surface area contributed by atoms with Gasteiger partial charge in [-0.2, -0.15) is 0 Å². The number of rotatable bonds is 6. The van der Waals surface area contributed by atoms with Gasteiger partial charge >= 0.3 is 0 Å². The molecule has 2 aromatic rings. The zero-order valence-corrected chi connectivity index (χ0v) is 14.7. The van der Waals surface area contributed by atoms with Gasteiger partial charge in [-0.05, 0) is 30.5 Å². The van der Waals surface area contributed by atoms with Crippen LogP contribution in [0.25, 0.3) is 0 Å². The van der Waals surface area contributed by atoms with Crippen molar-refractivity contribution < 1.29 is 18.7 Å². The van der Waals surface area contributed by atoms with Crippen molar-refractivity contribution in [3.63, 3.8) is 0 Å². The Hall–Kier alpha value is -2.34. The molecular formula is C19H24N2O4. The summed E-state index contributed by atoms with van der Waals surface area (Å²) in [5, 5.41) is 0. The van der Waals surface area contributed by atoms with Gasteiger partial charge in [0.15, 0.2) is 5.89 Å². The highest BCUT2D eigenvalue weighted by atomic mass is 16.5. The van der Waals surface area contributed by atoms with E-state index in [2.05, 4.69) is 4.98 Å². The average Bonchev–Trinajstić information content (AvgIpc) is 3.11. The molecule has 1 aromatic heterocycles. The molecule has 0 saturated carbocycles. The fraction of sp³-hybridized carbons (Fsp3) is 0.474. The Morgan fingerprint density at radius 1 is 1.32 bits per heavy atom. The summed E-state index contributed by atoms with van der Waals surface area (Å²) in [6.45, 7) is 1.55. The van der Waals surface area contributed by atoms with Gasteiger partial charge in [-0.1, -0.05) is 12.1 Å². The highest BCUT2D eigenvalue weighted by Gasteiger charge is 2.27. The van der Waals surface area contributed by atoms with Crippen LogP contribution in [0.3, 0.4) is 0 Å². The molecule has 1 fully saturated rings. The molecule has 25 heavy (non-hydrogen) atoms. The summed E-state index contributed by atoms with van der Waals surface area (Å²) in [5.41, 5.74) is 1.14. The van der Waals surface area contributed by atoms with Crippen LogP contribution in [0.2, 0.25) is 0 Å². The van der Waals surface area contributed by atoms with E-state index in [-0.39, 0.29) is 18.4 Å². The van der Waals surface area contributed by atoms with E-state index in [1.807, 2.05) is 29.2 Å². The summed E-state index contributed by atoms with van der Waals surface area (Å²) in [4.78, 5) is 18.3. The smallest absolute Gasteiger partial charge is 0.248 e. The van der Waals surface area contributed by atoms with Crippen molar-refractivity contribution in [3.8, 4) is 5.75 Å². The third-order valence-electron chi connectivity index (χ3n) is 4.50. The van der Waals surface area contributed by atoms with E-state index in [9.17, 15) is 4.79 Å².